The van der Waals surface area contributed by atoms with Gasteiger partial charge in [0.1, 0.15) is 0 Å². The Balaban J connectivity index is 0.000000980. The lowest BCUT2D eigenvalue weighted by Crippen LogP contribution is -1.90. The average Bonchev–Trinajstić information content (AvgIpc) is 2.67. The van der Waals surface area contributed by atoms with E-state index < -0.39 is 0 Å². The van der Waals surface area contributed by atoms with Gasteiger partial charge in [0, 0.05) is 16.3 Å². The maximum absolute atomic E-state index is 5.55. The molecule has 0 unspecified atom stereocenters. The molecule has 1 nitrogen and oxygen atoms in total. The highest BCUT2D eigenvalue weighted by molar-refractivity contribution is 7.15. The fourth-order valence-corrected chi connectivity index (χ4v) is 2.14. The molecule has 0 aliphatic heterocycles. The third-order valence-electron chi connectivity index (χ3n) is 1.92. The molecule has 0 atom stereocenters. The molecule has 0 saturated heterocycles. The summed E-state index contributed by atoms with van der Waals surface area (Å²) in [7, 11) is 0. The number of thiophene rings is 1. The third kappa shape index (κ3) is 2.35. The molecule has 1 heterocycles. The minimum absolute atomic E-state index is 0. The van der Waals surface area contributed by atoms with Crippen molar-refractivity contribution in [1.82, 2.24) is 0 Å². The van der Waals surface area contributed by atoms with E-state index in [1.807, 2.05) is 6.07 Å². The highest BCUT2D eigenvalue weighted by Crippen LogP contribution is 2.27. The van der Waals surface area contributed by atoms with E-state index >= 15 is 0 Å². The van der Waals surface area contributed by atoms with Crippen LogP contribution in [0.1, 0.15) is 4.88 Å². The molecule has 0 aliphatic carbocycles. The van der Waals surface area contributed by atoms with Gasteiger partial charge in [-0.2, -0.15) is 0 Å². The van der Waals surface area contributed by atoms with Crippen molar-refractivity contribution < 1.29 is 0 Å². The summed E-state index contributed by atoms with van der Waals surface area (Å²) < 4.78 is 0. The summed E-state index contributed by atoms with van der Waals surface area (Å²) in [6.07, 6.45) is 0. The zero-order valence-corrected chi connectivity index (χ0v) is 9.28. The van der Waals surface area contributed by atoms with E-state index in [2.05, 4.69) is 36.4 Å². The standard InChI is InChI=1S/C11H11NS.ClH/c12-8-10-6-7-11(13-10)9-4-2-1-3-5-9;/h1-7H,8,12H2;1H. The van der Waals surface area contributed by atoms with Crippen molar-refractivity contribution >= 4 is 23.7 Å². The van der Waals surface area contributed by atoms with E-state index in [1.54, 1.807) is 11.3 Å². The fourth-order valence-electron chi connectivity index (χ4n) is 1.25. The Labute approximate surface area is 94.0 Å². The zero-order valence-electron chi connectivity index (χ0n) is 7.64. The van der Waals surface area contributed by atoms with Crippen molar-refractivity contribution in [3.63, 3.8) is 0 Å². The summed E-state index contributed by atoms with van der Waals surface area (Å²) in [5, 5.41) is 0. The van der Waals surface area contributed by atoms with E-state index in [-0.39, 0.29) is 12.4 Å². The average molecular weight is 226 g/mol. The molecule has 1 aromatic carbocycles. The molecular formula is C11H12ClNS. The van der Waals surface area contributed by atoms with E-state index in [0.717, 1.165) is 0 Å². The van der Waals surface area contributed by atoms with Gasteiger partial charge in [-0.15, -0.1) is 23.7 Å². The number of halogens is 1. The van der Waals surface area contributed by atoms with Gasteiger partial charge in [0.25, 0.3) is 0 Å². The van der Waals surface area contributed by atoms with Crippen molar-refractivity contribution in [3.05, 3.63) is 47.3 Å². The molecule has 0 amide bonds. The molecule has 1 aromatic heterocycles. The maximum atomic E-state index is 5.55. The zero-order chi connectivity index (χ0) is 9.10. The predicted molar refractivity (Wildman–Crippen MR) is 64.9 cm³/mol. The van der Waals surface area contributed by atoms with Gasteiger partial charge in [-0.1, -0.05) is 30.3 Å². The van der Waals surface area contributed by atoms with Crippen molar-refractivity contribution in [2.24, 2.45) is 5.73 Å². The lowest BCUT2D eigenvalue weighted by atomic mass is 10.2. The lowest BCUT2D eigenvalue weighted by molar-refractivity contribution is 1.11. The van der Waals surface area contributed by atoms with Gasteiger partial charge in [-0.25, -0.2) is 0 Å². The Morgan fingerprint density at radius 3 is 2.29 bits per heavy atom. The quantitative estimate of drug-likeness (QED) is 0.834. The first-order valence-electron chi connectivity index (χ1n) is 4.24. The first-order valence-corrected chi connectivity index (χ1v) is 5.06. The lowest BCUT2D eigenvalue weighted by Gasteiger charge is -1.94. The van der Waals surface area contributed by atoms with Gasteiger partial charge < -0.3 is 5.73 Å². The number of hydrogen-bond acceptors (Lipinski definition) is 2. The van der Waals surface area contributed by atoms with Crippen LogP contribution in [0.15, 0.2) is 42.5 Å². The van der Waals surface area contributed by atoms with Crippen molar-refractivity contribution in [2.75, 3.05) is 0 Å². The SMILES string of the molecule is Cl.NCc1ccc(-c2ccccc2)s1. The number of hydrogen-bond donors (Lipinski definition) is 1. The minimum atomic E-state index is 0. The molecular weight excluding hydrogens is 214 g/mol. The van der Waals surface area contributed by atoms with Gasteiger partial charge in [0.15, 0.2) is 0 Å². The molecule has 0 fully saturated rings. The molecule has 0 radical (unpaired) electrons. The topological polar surface area (TPSA) is 26.0 Å². The molecule has 2 N–H and O–H groups in total. The summed E-state index contributed by atoms with van der Waals surface area (Å²) >= 11 is 1.76. The number of nitrogens with two attached hydrogens (primary N) is 1. The van der Waals surface area contributed by atoms with Gasteiger partial charge in [0.2, 0.25) is 0 Å². The predicted octanol–water partition coefficient (Wildman–Crippen LogP) is 3.30. The van der Waals surface area contributed by atoms with Gasteiger partial charge >= 0.3 is 0 Å². The largest absolute Gasteiger partial charge is 0.326 e. The highest BCUT2D eigenvalue weighted by atomic mass is 35.5. The molecule has 0 saturated carbocycles. The Kier molecular flexibility index (Phi) is 4.14. The molecule has 2 aromatic rings. The summed E-state index contributed by atoms with van der Waals surface area (Å²) in [5.41, 5.74) is 6.82. The Bertz CT molecular complexity index is 383. The normalized spacial score (nSPS) is 9.50. The van der Waals surface area contributed by atoms with Crippen LogP contribution < -0.4 is 5.73 Å². The van der Waals surface area contributed by atoms with Crippen LogP contribution in [0.25, 0.3) is 10.4 Å². The molecule has 0 aliphatic rings. The van der Waals surface area contributed by atoms with Crippen LogP contribution in [0.4, 0.5) is 0 Å². The molecule has 0 bridgehead atoms. The van der Waals surface area contributed by atoms with Crippen LogP contribution >= 0.6 is 23.7 Å². The van der Waals surface area contributed by atoms with Crippen LogP contribution in [0.3, 0.4) is 0 Å². The van der Waals surface area contributed by atoms with Crippen molar-refractivity contribution in [2.45, 2.75) is 6.54 Å². The summed E-state index contributed by atoms with van der Waals surface area (Å²) in [5.74, 6) is 0. The van der Waals surface area contributed by atoms with Gasteiger partial charge in [0.05, 0.1) is 0 Å². The first kappa shape index (κ1) is 11.2. The summed E-state index contributed by atoms with van der Waals surface area (Å²) in [4.78, 5) is 2.53. The summed E-state index contributed by atoms with van der Waals surface area (Å²) in [6.45, 7) is 0.636. The van der Waals surface area contributed by atoms with Crippen LogP contribution in [0.2, 0.25) is 0 Å². The van der Waals surface area contributed by atoms with E-state index in [4.69, 9.17) is 5.73 Å². The smallest absolute Gasteiger partial charge is 0.0346 e. The second-order valence-electron chi connectivity index (χ2n) is 2.84. The molecule has 0 spiro atoms. The Hall–Kier alpha value is -0.830. The van der Waals surface area contributed by atoms with Crippen molar-refractivity contribution in [3.8, 4) is 10.4 Å². The van der Waals surface area contributed by atoms with Gasteiger partial charge in [-0.3, -0.25) is 0 Å². The summed E-state index contributed by atoms with van der Waals surface area (Å²) in [6, 6.07) is 14.6. The first-order chi connectivity index (χ1) is 6.40. The molecule has 74 valence electrons. The Morgan fingerprint density at radius 2 is 1.71 bits per heavy atom. The van der Waals surface area contributed by atoms with E-state index in [1.165, 1.54) is 15.3 Å². The van der Waals surface area contributed by atoms with Crippen LogP contribution in [0, 0.1) is 0 Å². The van der Waals surface area contributed by atoms with E-state index in [9.17, 15) is 0 Å². The second kappa shape index (κ2) is 5.15. The number of benzene rings is 1. The van der Waals surface area contributed by atoms with Crippen LogP contribution in [-0.2, 0) is 6.54 Å². The molecule has 14 heavy (non-hydrogen) atoms. The van der Waals surface area contributed by atoms with Crippen molar-refractivity contribution in [1.29, 1.82) is 0 Å². The van der Waals surface area contributed by atoms with Crippen LogP contribution in [0.5, 0.6) is 0 Å². The molecule has 3 heteroatoms. The second-order valence-corrected chi connectivity index (χ2v) is 4.00. The maximum Gasteiger partial charge on any atom is 0.0346 e. The fraction of sp³-hybridized carbons (Fsp3) is 0.0909. The Morgan fingerprint density at radius 1 is 1.00 bits per heavy atom. The number of rotatable bonds is 2. The monoisotopic (exact) mass is 225 g/mol. The highest BCUT2D eigenvalue weighted by Gasteiger charge is 1.99. The minimum Gasteiger partial charge on any atom is -0.326 e. The van der Waals surface area contributed by atoms with E-state index in [0.29, 0.717) is 6.54 Å². The molecule has 2 rings (SSSR count). The third-order valence-corrected chi connectivity index (χ3v) is 3.08. The van der Waals surface area contributed by atoms with Gasteiger partial charge in [-0.05, 0) is 17.7 Å². The van der Waals surface area contributed by atoms with Crippen LogP contribution in [-0.4, -0.2) is 0 Å².